The third kappa shape index (κ3) is 3.08. The van der Waals surface area contributed by atoms with Gasteiger partial charge in [0.2, 0.25) is 0 Å². The predicted molar refractivity (Wildman–Crippen MR) is 83.5 cm³/mol. The number of nitrogens with one attached hydrogen (secondary N) is 1. The van der Waals surface area contributed by atoms with Gasteiger partial charge in [-0.1, -0.05) is 0 Å². The Bertz CT molecular complexity index is 663. The van der Waals surface area contributed by atoms with Crippen LogP contribution in [0, 0.1) is 13.8 Å². The van der Waals surface area contributed by atoms with Crippen LogP contribution in [0.5, 0.6) is 11.5 Å². The molecule has 1 heterocycles. The molecule has 0 aliphatic rings. The predicted octanol–water partition coefficient (Wildman–Crippen LogP) is 2.61. The number of nitrogens with zero attached hydrogens (tertiary/aromatic N) is 1. The molecule has 21 heavy (non-hydrogen) atoms. The summed E-state index contributed by atoms with van der Waals surface area (Å²) in [5, 5.41) is 3.29. The Hall–Kier alpha value is -2.28. The number of aromatic nitrogens is 1. The van der Waals surface area contributed by atoms with Gasteiger partial charge in [-0.2, -0.15) is 0 Å². The van der Waals surface area contributed by atoms with E-state index in [2.05, 4.69) is 10.3 Å². The Balaban J connectivity index is 2.30. The van der Waals surface area contributed by atoms with Gasteiger partial charge in [-0.25, -0.2) is 4.98 Å². The largest absolute Gasteiger partial charge is 0.493 e. The highest BCUT2D eigenvalue weighted by Crippen LogP contribution is 2.32. The molecule has 0 fully saturated rings. The Morgan fingerprint density at radius 1 is 1.24 bits per heavy atom. The lowest BCUT2D eigenvalue weighted by Crippen LogP contribution is -2.14. The summed E-state index contributed by atoms with van der Waals surface area (Å²) in [6, 6.07) is 3.11. The number of carbonyl (C=O) groups excluding carboxylic acids is 1. The molecule has 0 bridgehead atoms. The standard InChI is InChI=1S/C14H17N3O3S/c1-7-8(2)21-14(16-7)17-13(18)9-5-11(19-3)12(20-4)6-10(9)15/h5-6H,15H2,1-4H3,(H,16,17,18). The summed E-state index contributed by atoms with van der Waals surface area (Å²) < 4.78 is 10.3. The molecule has 0 unspecified atom stereocenters. The van der Waals surface area contributed by atoms with Gasteiger partial charge >= 0.3 is 0 Å². The van der Waals surface area contributed by atoms with Crippen LogP contribution in [0.25, 0.3) is 0 Å². The third-order valence-corrected chi connectivity index (χ3v) is 4.04. The van der Waals surface area contributed by atoms with Crippen molar-refractivity contribution in [3.63, 3.8) is 0 Å². The van der Waals surface area contributed by atoms with E-state index >= 15 is 0 Å². The van der Waals surface area contributed by atoms with Crippen LogP contribution in [0.3, 0.4) is 0 Å². The molecule has 3 N–H and O–H groups in total. The van der Waals surface area contributed by atoms with Crippen LogP contribution < -0.4 is 20.5 Å². The lowest BCUT2D eigenvalue weighted by atomic mass is 10.1. The first kappa shape index (κ1) is 15.1. The molecule has 1 aromatic heterocycles. The number of rotatable bonds is 4. The Morgan fingerprint density at radius 2 is 1.86 bits per heavy atom. The number of amides is 1. The van der Waals surface area contributed by atoms with Crippen molar-refractivity contribution in [2.75, 3.05) is 25.3 Å². The van der Waals surface area contributed by atoms with E-state index in [0.29, 0.717) is 27.9 Å². The maximum Gasteiger partial charge on any atom is 0.259 e. The molecular formula is C14H17N3O3S. The number of nitrogens with two attached hydrogens (primary N) is 1. The van der Waals surface area contributed by atoms with E-state index in [1.54, 1.807) is 12.1 Å². The molecule has 1 aromatic carbocycles. The van der Waals surface area contributed by atoms with Crippen molar-refractivity contribution in [2.45, 2.75) is 13.8 Å². The molecule has 0 saturated heterocycles. The molecule has 0 radical (unpaired) electrons. The van der Waals surface area contributed by atoms with Crippen LogP contribution in [0.15, 0.2) is 12.1 Å². The van der Waals surface area contributed by atoms with E-state index in [0.717, 1.165) is 10.6 Å². The highest BCUT2D eigenvalue weighted by atomic mass is 32.1. The highest BCUT2D eigenvalue weighted by Gasteiger charge is 2.16. The number of benzene rings is 1. The van der Waals surface area contributed by atoms with Gasteiger partial charge in [0.25, 0.3) is 5.91 Å². The highest BCUT2D eigenvalue weighted by molar-refractivity contribution is 7.15. The number of hydrogen-bond donors (Lipinski definition) is 2. The zero-order valence-electron chi connectivity index (χ0n) is 12.3. The van der Waals surface area contributed by atoms with Crippen molar-refractivity contribution < 1.29 is 14.3 Å². The number of carbonyl (C=O) groups is 1. The summed E-state index contributed by atoms with van der Waals surface area (Å²) in [7, 11) is 3.02. The van der Waals surface area contributed by atoms with Crippen molar-refractivity contribution >= 4 is 28.1 Å². The quantitative estimate of drug-likeness (QED) is 0.848. The van der Waals surface area contributed by atoms with Crippen molar-refractivity contribution in [3.05, 3.63) is 28.3 Å². The van der Waals surface area contributed by atoms with E-state index in [4.69, 9.17) is 15.2 Å². The minimum absolute atomic E-state index is 0.315. The third-order valence-electron chi connectivity index (χ3n) is 3.05. The number of anilines is 2. The van der Waals surface area contributed by atoms with Gasteiger partial charge in [-0.05, 0) is 19.9 Å². The first-order valence-electron chi connectivity index (χ1n) is 6.23. The number of aryl methyl sites for hydroxylation is 2. The monoisotopic (exact) mass is 307 g/mol. The van der Waals surface area contributed by atoms with E-state index in [9.17, 15) is 4.79 Å². The van der Waals surface area contributed by atoms with Crippen LogP contribution in [-0.2, 0) is 0 Å². The van der Waals surface area contributed by atoms with Crippen LogP contribution in [0.4, 0.5) is 10.8 Å². The minimum Gasteiger partial charge on any atom is -0.493 e. The fourth-order valence-electron chi connectivity index (χ4n) is 1.78. The number of nitrogen functional groups attached to an aromatic ring is 1. The van der Waals surface area contributed by atoms with E-state index in [1.165, 1.54) is 25.6 Å². The number of hydrogen-bond acceptors (Lipinski definition) is 6. The summed E-state index contributed by atoms with van der Waals surface area (Å²) in [5.74, 6) is 0.595. The normalized spacial score (nSPS) is 10.3. The Labute approximate surface area is 126 Å². The van der Waals surface area contributed by atoms with Gasteiger partial charge in [0.1, 0.15) is 0 Å². The second-order valence-electron chi connectivity index (χ2n) is 4.41. The fraction of sp³-hybridized carbons (Fsp3) is 0.286. The fourth-order valence-corrected chi connectivity index (χ4v) is 2.59. The first-order valence-corrected chi connectivity index (χ1v) is 7.04. The average Bonchev–Trinajstić information content (AvgIpc) is 2.76. The van der Waals surface area contributed by atoms with Crippen molar-refractivity contribution in [1.29, 1.82) is 0 Å². The summed E-state index contributed by atoms with van der Waals surface area (Å²) in [6.07, 6.45) is 0. The summed E-state index contributed by atoms with van der Waals surface area (Å²) in [4.78, 5) is 17.6. The molecule has 7 heteroatoms. The molecule has 0 spiro atoms. The van der Waals surface area contributed by atoms with Crippen molar-refractivity contribution in [3.8, 4) is 11.5 Å². The van der Waals surface area contributed by atoms with Crippen LogP contribution in [0.1, 0.15) is 20.9 Å². The van der Waals surface area contributed by atoms with E-state index < -0.39 is 0 Å². The topological polar surface area (TPSA) is 86.5 Å². The molecule has 2 aromatic rings. The van der Waals surface area contributed by atoms with Crippen LogP contribution in [-0.4, -0.2) is 25.1 Å². The van der Waals surface area contributed by atoms with Gasteiger partial charge in [0, 0.05) is 16.6 Å². The summed E-state index contributed by atoms with van der Waals surface area (Å²) in [6.45, 7) is 3.85. The number of methoxy groups -OCH3 is 2. The maximum atomic E-state index is 12.3. The smallest absolute Gasteiger partial charge is 0.259 e. The zero-order chi connectivity index (χ0) is 15.6. The molecule has 6 nitrogen and oxygen atoms in total. The molecular weight excluding hydrogens is 290 g/mol. The van der Waals surface area contributed by atoms with Crippen molar-refractivity contribution in [1.82, 2.24) is 4.98 Å². The van der Waals surface area contributed by atoms with E-state index in [-0.39, 0.29) is 5.91 Å². The summed E-state index contributed by atoms with van der Waals surface area (Å²) >= 11 is 1.42. The maximum absolute atomic E-state index is 12.3. The molecule has 0 saturated carbocycles. The second kappa shape index (κ2) is 6.01. The molecule has 0 atom stereocenters. The van der Waals surface area contributed by atoms with Gasteiger partial charge in [-0.3, -0.25) is 10.1 Å². The number of ether oxygens (including phenoxy) is 2. The Kier molecular flexibility index (Phi) is 4.32. The second-order valence-corrected chi connectivity index (χ2v) is 5.61. The SMILES string of the molecule is COc1cc(N)c(C(=O)Nc2nc(C)c(C)s2)cc1OC. The van der Waals surface area contributed by atoms with E-state index in [1.807, 2.05) is 13.8 Å². The molecule has 2 rings (SSSR count). The summed E-state index contributed by atoms with van der Waals surface area (Å²) in [5.41, 5.74) is 7.43. The van der Waals surface area contributed by atoms with Crippen molar-refractivity contribution in [2.24, 2.45) is 0 Å². The van der Waals surface area contributed by atoms with Gasteiger partial charge in [-0.15, -0.1) is 11.3 Å². The number of thiazole rings is 1. The lowest BCUT2D eigenvalue weighted by molar-refractivity contribution is 0.102. The molecule has 1 amide bonds. The van der Waals surface area contributed by atoms with Gasteiger partial charge in [0.15, 0.2) is 16.6 Å². The van der Waals surface area contributed by atoms with Gasteiger partial charge < -0.3 is 15.2 Å². The molecule has 112 valence electrons. The molecule has 0 aliphatic heterocycles. The lowest BCUT2D eigenvalue weighted by Gasteiger charge is -2.11. The first-order chi connectivity index (χ1) is 9.96. The molecule has 0 aliphatic carbocycles. The van der Waals surface area contributed by atoms with Gasteiger partial charge in [0.05, 0.1) is 25.5 Å². The zero-order valence-corrected chi connectivity index (χ0v) is 13.1. The van der Waals surface area contributed by atoms with Crippen LogP contribution >= 0.6 is 11.3 Å². The van der Waals surface area contributed by atoms with Crippen LogP contribution in [0.2, 0.25) is 0 Å². The minimum atomic E-state index is -0.331. The average molecular weight is 307 g/mol. The Morgan fingerprint density at radius 3 is 2.38 bits per heavy atom.